The molecule has 0 aromatic carbocycles. The number of nitrogens with one attached hydrogen (secondary N) is 2. The molecule has 0 atom stereocenters. The molecule has 2 N–H and O–H groups in total. The van der Waals surface area contributed by atoms with E-state index in [1.165, 1.54) is 0 Å². The maximum atomic E-state index is 5.43. The first-order valence-corrected chi connectivity index (χ1v) is 9.14. The average Bonchev–Trinajstić information content (AvgIpc) is 2.95. The number of hydrogen-bond acceptors (Lipinski definition) is 5. The first-order chi connectivity index (χ1) is 11.3. The Morgan fingerprint density at radius 3 is 2.83 bits per heavy atom. The van der Waals surface area contributed by atoms with E-state index in [1.807, 2.05) is 6.92 Å². The van der Waals surface area contributed by atoms with Gasteiger partial charge < -0.3 is 20.1 Å². The monoisotopic (exact) mass is 342 g/mol. The molecule has 1 heterocycles. The lowest BCUT2D eigenvalue weighted by molar-refractivity contribution is 0.0690. The molecule has 0 amide bonds. The molecule has 0 saturated carbocycles. The molecule has 1 aromatic rings. The largest absolute Gasteiger partial charge is 0.382 e. The molecule has 0 unspecified atom stereocenters. The van der Waals surface area contributed by atoms with Gasteiger partial charge in [0.25, 0.3) is 0 Å². The van der Waals surface area contributed by atoms with Crippen LogP contribution >= 0.6 is 11.3 Å². The predicted octanol–water partition coefficient (Wildman–Crippen LogP) is 1.99. The second kappa shape index (κ2) is 13.3. The number of thiazole rings is 1. The van der Waals surface area contributed by atoms with E-state index in [4.69, 9.17) is 9.47 Å². The van der Waals surface area contributed by atoms with Gasteiger partial charge in [-0.1, -0.05) is 0 Å². The van der Waals surface area contributed by atoms with Crippen LogP contribution in [0.25, 0.3) is 0 Å². The van der Waals surface area contributed by atoms with Crippen LogP contribution in [0.1, 0.15) is 30.5 Å². The topological polar surface area (TPSA) is 67.8 Å². The molecule has 0 bridgehead atoms. The molecule has 1 rings (SSSR count). The van der Waals surface area contributed by atoms with Crippen molar-refractivity contribution in [3.63, 3.8) is 0 Å². The van der Waals surface area contributed by atoms with E-state index in [0.29, 0.717) is 13.2 Å². The summed E-state index contributed by atoms with van der Waals surface area (Å²) in [6, 6.07) is 0. The summed E-state index contributed by atoms with van der Waals surface area (Å²) in [6.07, 6.45) is 2.96. The summed E-state index contributed by atoms with van der Waals surface area (Å²) >= 11 is 1.70. The molecular formula is C16H30N4O2S. The van der Waals surface area contributed by atoms with Gasteiger partial charge in [-0.25, -0.2) is 4.98 Å². The molecule has 0 saturated heterocycles. The molecule has 6 nitrogen and oxygen atoms in total. The minimum atomic E-state index is 0.658. The zero-order chi connectivity index (χ0) is 16.8. The van der Waals surface area contributed by atoms with Crippen molar-refractivity contribution < 1.29 is 9.47 Å². The van der Waals surface area contributed by atoms with Crippen LogP contribution < -0.4 is 10.6 Å². The van der Waals surface area contributed by atoms with Crippen LogP contribution in [0.5, 0.6) is 0 Å². The highest BCUT2D eigenvalue weighted by molar-refractivity contribution is 7.09. The van der Waals surface area contributed by atoms with Crippen molar-refractivity contribution in [1.82, 2.24) is 15.6 Å². The Hall–Kier alpha value is -1.18. The maximum Gasteiger partial charge on any atom is 0.191 e. The van der Waals surface area contributed by atoms with Crippen LogP contribution in [0.15, 0.2) is 10.4 Å². The minimum Gasteiger partial charge on any atom is -0.382 e. The number of aliphatic imine (C=N–C) groups is 1. The highest BCUT2D eigenvalue weighted by atomic mass is 32.1. The van der Waals surface area contributed by atoms with E-state index in [-0.39, 0.29) is 0 Å². The van der Waals surface area contributed by atoms with Crippen molar-refractivity contribution in [1.29, 1.82) is 0 Å². The van der Waals surface area contributed by atoms with Crippen LogP contribution in [0.4, 0.5) is 0 Å². The van der Waals surface area contributed by atoms with Gasteiger partial charge in [-0.3, -0.25) is 4.99 Å². The van der Waals surface area contributed by atoms with Crippen LogP contribution in [0, 0.1) is 6.92 Å². The summed E-state index contributed by atoms with van der Waals surface area (Å²) in [6.45, 7) is 8.71. The van der Waals surface area contributed by atoms with E-state index in [1.54, 1.807) is 18.4 Å². The van der Waals surface area contributed by atoms with Gasteiger partial charge >= 0.3 is 0 Å². The smallest absolute Gasteiger partial charge is 0.191 e. The molecule has 132 valence electrons. The Labute approximate surface area is 143 Å². The molecule has 23 heavy (non-hydrogen) atoms. The summed E-state index contributed by atoms with van der Waals surface area (Å²) in [7, 11) is 1.68. The number of aryl methyl sites for hydroxylation is 1. The highest BCUT2D eigenvalue weighted by Crippen LogP contribution is 2.07. The zero-order valence-corrected chi connectivity index (χ0v) is 15.4. The normalized spacial score (nSPS) is 11.7. The van der Waals surface area contributed by atoms with Gasteiger partial charge in [0.1, 0.15) is 0 Å². The average molecular weight is 343 g/mol. The Balaban J connectivity index is 2.14. The van der Waals surface area contributed by atoms with Gasteiger partial charge in [0.15, 0.2) is 5.96 Å². The maximum absolute atomic E-state index is 5.43. The third-order valence-corrected chi connectivity index (χ3v) is 3.91. The number of rotatable bonds is 12. The number of ether oxygens (including phenoxy) is 2. The summed E-state index contributed by atoms with van der Waals surface area (Å²) in [5.41, 5.74) is 1.14. The molecule has 0 radical (unpaired) electrons. The van der Waals surface area contributed by atoms with Crippen molar-refractivity contribution in [2.75, 3.05) is 46.6 Å². The summed E-state index contributed by atoms with van der Waals surface area (Å²) in [4.78, 5) is 9.05. The molecule has 0 aliphatic heterocycles. The van der Waals surface area contributed by atoms with Gasteiger partial charge in [0.05, 0.1) is 23.9 Å². The number of hydrogen-bond donors (Lipinski definition) is 2. The van der Waals surface area contributed by atoms with Crippen LogP contribution in [0.3, 0.4) is 0 Å². The standard InChI is InChI=1S/C16H30N4O2S/c1-4-17-16(18-8-5-6-10-22-12-11-21-3)19-9-7-15-13-23-14(2)20-15/h13H,4-12H2,1-3H3,(H2,17,18,19). The molecule has 7 heteroatoms. The van der Waals surface area contributed by atoms with E-state index < -0.39 is 0 Å². The fourth-order valence-corrected chi connectivity index (χ4v) is 2.57. The lowest BCUT2D eigenvalue weighted by atomic mass is 10.3. The third-order valence-electron chi connectivity index (χ3n) is 3.08. The molecule has 0 spiro atoms. The van der Waals surface area contributed by atoms with Gasteiger partial charge in [-0.05, 0) is 26.7 Å². The summed E-state index contributed by atoms with van der Waals surface area (Å²) in [5, 5.41) is 9.85. The number of guanidine groups is 1. The number of aromatic nitrogens is 1. The van der Waals surface area contributed by atoms with Gasteiger partial charge in [0.2, 0.25) is 0 Å². The fraction of sp³-hybridized carbons (Fsp3) is 0.750. The van der Waals surface area contributed by atoms with Crippen molar-refractivity contribution in [2.24, 2.45) is 4.99 Å². The first-order valence-electron chi connectivity index (χ1n) is 8.26. The summed E-state index contributed by atoms with van der Waals surface area (Å²) < 4.78 is 10.4. The van der Waals surface area contributed by atoms with E-state index in [0.717, 1.165) is 62.2 Å². The van der Waals surface area contributed by atoms with Crippen molar-refractivity contribution in [2.45, 2.75) is 33.1 Å². The highest BCUT2D eigenvalue weighted by Gasteiger charge is 2.00. The Morgan fingerprint density at radius 1 is 1.26 bits per heavy atom. The van der Waals surface area contributed by atoms with E-state index in [2.05, 4.69) is 32.9 Å². The second-order valence-electron chi connectivity index (χ2n) is 5.11. The Kier molecular flexibility index (Phi) is 11.5. The first kappa shape index (κ1) is 19.9. The second-order valence-corrected chi connectivity index (χ2v) is 6.17. The van der Waals surface area contributed by atoms with Crippen LogP contribution in [-0.2, 0) is 15.9 Å². The lowest BCUT2D eigenvalue weighted by Gasteiger charge is -2.10. The quantitative estimate of drug-likeness (QED) is 0.345. The van der Waals surface area contributed by atoms with Crippen molar-refractivity contribution in [3.05, 3.63) is 16.1 Å². The third kappa shape index (κ3) is 10.3. The van der Waals surface area contributed by atoms with Gasteiger partial charge in [-0.15, -0.1) is 11.3 Å². The number of methoxy groups -OCH3 is 1. The number of nitrogens with zero attached hydrogens (tertiary/aromatic N) is 2. The molecule has 0 aliphatic rings. The molecule has 1 aromatic heterocycles. The molecule has 0 fully saturated rings. The van der Waals surface area contributed by atoms with Crippen molar-refractivity contribution >= 4 is 17.3 Å². The van der Waals surface area contributed by atoms with Crippen LogP contribution in [-0.4, -0.2) is 57.5 Å². The Bertz CT molecular complexity index is 437. The predicted molar refractivity (Wildman–Crippen MR) is 96.5 cm³/mol. The van der Waals surface area contributed by atoms with Crippen LogP contribution in [0.2, 0.25) is 0 Å². The minimum absolute atomic E-state index is 0.658. The molecule has 0 aliphatic carbocycles. The van der Waals surface area contributed by atoms with E-state index >= 15 is 0 Å². The zero-order valence-electron chi connectivity index (χ0n) is 14.6. The SMILES string of the molecule is CCNC(=NCCCCOCCOC)NCCc1csc(C)n1. The fourth-order valence-electron chi connectivity index (χ4n) is 1.92. The summed E-state index contributed by atoms with van der Waals surface area (Å²) in [5.74, 6) is 0.875. The lowest BCUT2D eigenvalue weighted by Crippen LogP contribution is -2.38. The van der Waals surface area contributed by atoms with E-state index in [9.17, 15) is 0 Å². The van der Waals surface area contributed by atoms with Gasteiger partial charge in [-0.2, -0.15) is 0 Å². The molecular weight excluding hydrogens is 312 g/mol. The Morgan fingerprint density at radius 2 is 2.13 bits per heavy atom. The van der Waals surface area contributed by atoms with Gasteiger partial charge in [0, 0.05) is 45.2 Å². The van der Waals surface area contributed by atoms with Crippen molar-refractivity contribution in [3.8, 4) is 0 Å². The number of unbranched alkanes of at least 4 members (excludes halogenated alkanes) is 1.